The number of nitrogens with zero attached hydrogens (tertiary/aromatic N) is 4. The zero-order chi connectivity index (χ0) is 17.9. The number of imidazole rings is 1. The van der Waals surface area contributed by atoms with Crippen LogP contribution in [0.2, 0.25) is 5.28 Å². The standard InChI is InChI=1S/C15H8ClF5N4/c16-14-22-5-8(18)12(24-14)6-3-7(17)13-9(4-6)25-10(15(19,20)21)1-2-11(25)23-13/h3-5,10H,1-2H2/t10-/m0/s1. The van der Waals surface area contributed by atoms with Crippen LogP contribution >= 0.6 is 11.6 Å². The first-order valence-electron chi connectivity index (χ1n) is 7.21. The lowest BCUT2D eigenvalue weighted by Gasteiger charge is -2.18. The fraction of sp³-hybridized carbons (Fsp3) is 0.267. The number of rotatable bonds is 1. The van der Waals surface area contributed by atoms with Crippen molar-refractivity contribution in [3.63, 3.8) is 0 Å². The van der Waals surface area contributed by atoms with Gasteiger partial charge in [0.15, 0.2) is 11.6 Å². The van der Waals surface area contributed by atoms with Crippen LogP contribution < -0.4 is 0 Å². The molecule has 1 aliphatic rings. The van der Waals surface area contributed by atoms with E-state index in [-0.39, 0.29) is 46.2 Å². The molecule has 2 aromatic heterocycles. The maximum absolute atomic E-state index is 14.4. The first-order valence-corrected chi connectivity index (χ1v) is 7.59. The second-order valence-electron chi connectivity index (χ2n) is 5.66. The maximum atomic E-state index is 14.4. The van der Waals surface area contributed by atoms with Crippen molar-refractivity contribution in [2.75, 3.05) is 0 Å². The lowest BCUT2D eigenvalue weighted by atomic mass is 10.1. The Kier molecular flexibility index (Phi) is 3.47. The van der Waals surface area contributed by atoms with E-state index in [1.54, 1.807) is 0 Å². The number of hydrogen-bond donors (Lipinski definition) is 0. The molecule has 4 nitrogen and oxygen atoms in total. The number of halogens is 6. The molecule has 1 atom stereocenters. The molecule has 0 fully saturated rings. The van der Waals surface area contributed by atoms with Crippen molar-refractivity contribution < 1.29 is 22.0 Å². The molecule has 0 bridgehead atoms. The predicted molar refractivity (Wildman–Crippen MR) is 79.1 cm³/mol. The van der Waals surface area contributed by atoms with Crippen LogP contribution in [0.4, 0.5) is 22.0 Å². The second-order valence-corrected chi connectivity index (χ2v) is 5.99. The van der Waals surface area contributed by atoms with Crippen molar-refractivity contribution in [2.45, 2.75) is 25.1 Å². The van der Waals surface area contributed by atoms with Gasteiger partial charge in [-0.1, -0.05) is 0 Å². The van der Waals surface area contributed by atoms with Crippen molar-refractivity contribution in [2.24, 2.45) is 0 Å². The second kappa shape index (κ2) is 5.35. The highest BCUT2D eigenvalue weighted by molar-refractivity contribution is 6.28. The van der Waals surface area contributed by atoms with Crippen molar-refractivity contribution in [1.29, 1.82) is 0 Å². The van der Waals surface area contributed by atoms with E-state index in [9.17, 15) is 22.0 Å². The summed E-state index contributed by atoms with van der Waals surface area (Å²) in [5, 5.41) is -0.261. The minimum Gasteiger partial charge on any atom is -0.316 e. The normalized spacial score (nSPS) is 17.3. The summed E-state index contributed by atoms with van der Waals surface area (Å²) in [5.74, 6) is -1.57. The van der Waals surface area contributed by atoms with E-state index < -0.39 is 23.9 Å². The Morgan fingerprint density at radius 3 is 2.60 bits per heavy atom. The van der Waals surface area contributed by atoms with Crippen LogP contribution in [0.5, 0.6) is 0 Å². The van der Waals surface area contributed by atoms with E-state index in [0.717, 1.165) is 16.8 Å². The average molecular weight is 375 g/mol. The molecule has 3 aromatic rings. The number of aromatic nitrogens is 4. The van der Waals surface area contributed by atoms with Crippen LogP contribution in [-0.4, -0.2) is 25.7 Å². The smallest absolute Gasteiger partial charge is 0.316 e. The molecule has 0 saturated carbocycles. The van der Waals surface area contributed by atoms with Gasteiger partial charge in [0.2, 0.25) is 5.28 Å². The lowest BCUT2D eigenvalue weighted by Crippen LogP contribution is -2.23. The van der Waals surface area contributed by atoms with E-state index >= 15 is 0 Å². The average Bonchev–Trinajstić information content (AvgIpc) is 3.09. The van der Waals surface area contributed by atoms with Gasteiger partial charge in [-0.2, -0.15) is 13.2 Å². The van der Waals surface area contributed by atoms with Gasteiger partial charge in [0.1, 0.15) is 23.1 Å². The number of hydrogen-bond acceptors (Lipinski definition) is 3. The van der Waals surface area contributed by atoms with Crippen molar-refractivity contribution in [3.05, 3.63) is 41.1 Å². The summed E-state index contributed by atoms with van der Waals surface area (Å²) in [4.78, 5) is 11.1. The van der Waals surface area contributed by atoms with Gasteiger partial charge in [0.25, 0.3) is 0 Å². The summed E-state index contributed by atoms with van der Waals surface area (Å²) < 4.78 is 69.0. The minimum absolute atomic E-state index is 0.0395. The highest BCUT2D eigenvalue weighted by atomic mass is 35.5. The molecule has 0 unspecified atom stereocenters. The third kappa shape index (κ3) is 2.53. The molecular weight excluding hydrogens is 367 g/mol. The Morgan fingerprint density at radius 1 is 1.12 bits per heavy atom. The van der Waals surface area contributed by atoms with Crippen molar-refractivity contribution in [1.82, 2.24) is 19.5 Å². The van der Waals surface area contributed by atoms with Crippen molar-refractivity contribution >= 4 is 22.6 Å². The van der Waals surface area contributed by atoms with Gasteiger partial charge < -0.3 is 4.57 Å². The molecular formula is C15H8ClF5N4. The summed E-state index contributed by atoms with van der Waals surface area (Å²) in [6.45, 7) is 0. The van der Waals surface area contributed by atoms with Crippen LogP contribution in [0, 0.1) is 11.6 Å². The highest BCUT2D eigenvalue weighted by Gasteiger charge is 2.45. The number of benzene rings is 1. The number of alkyl halides is 3. The molecule has 3 heterocycles. The fourth-order valence-corrected chi connectivity index (χ4v) is 3.25. The third-order valence-electron chi connectivity index (χ3n) is 4.14. The zero-order valence-corrected chi connectivity index (χ0v) is 13.0. The molecule has 0 saturated heterocycles. The lowest BCUT2D eigenvalue weighted by molar-refractivity contribution is -0.164. The highest BCUT2D eigenvalue weighted by Crippen LogP contribution is 2.42. The van der Waals surface area contributed by atoms with E-state index in [1.807, 2.05) is 0 Å². The fourth-order valence-electron chi connectivity index (χ4n) is 3.11. The molecule has 0 N–H and O–H groups in total. The van der Waals surface area contributed by atoms with Gasteiger partial charge >= 0.3 is 6.18 Å². The molecule has 1 aromatic carbocycles. The number of aryl methyl sites for hydroxylation is 1. The van der Waals surface area contributed by atoms with Crippen LogP contribution in [0.25, 0.3) is 22.3 Å². The molecule has 25 heavy (non-hydrogen) atoms. The SMILES string of the molecule is Fc1cnc(Cl)nc1-c1cc(F)c2nc3n(c2c1)[C@H](C(F)(F)F)CC3. The molecule has 1 aliphatic heterocycles. The largest absolute Gasteiger partial charge is 0.409 e. The summed E-state index contributed by atoms with van der Waals surface area (Å²) in [6, 6.07) is 0.414. The zero-order valence-electron chi connectivity index (χ0n) is 12.3. The van der Waals surface area contributed by atoms with Gasteiger partial charge in [0, 0.05) is 12.0 Å². The summed E-state index contributed by atoms with van der Waals surface area (Å²) in [5.41, 5.74) is -0.576. The number of fused-ring (bicyclic) bond motifs is 3. The van der Waals surface area contributed by atoms with E-state index in [1.165, 1.54) is 6.07 Å². The minimum atomic E-state index is -4.49. The summed E-state index contributed by atoms with van der Waals surface area (Å²) in [6.07, 6.45) is -3.76. The van der Waals surface area contributed by atoms with Crippen LogP contribution in [0.3, 0.4) is 0 Å². The molecule has 10 heteroatoms. The Hall–Kier alpha value is -2.29. The van der Waals surface area contributed by atoms with Gasteiger partial charge in [-0.15, -0.1) is 0 Å². The van der Waals surface area contributed by atoms with Gasteiger partial charge in [-0.25, -0.2) is 23.7 Å². The van der Waals surface area contributed by atoms with E-state index in [2.05, 4.69) is 15.0 Å². The molecule has 0 amide bonds. The predicted octanol–water partition coefficient (Wildman–Crippen LogP) is 4.47. The van der Waals surface area contributed by atoms with Crippen molar-refractivity contribution in [3.8, 4) is 11.3 Å². The molecule has 130 valence electrons. The molecule has 4 rings (SSSR count). The molecule has 0 aliphatic carbocycles. The summed E-state index contributed by atoms with van der Waals surface area (Å²) in [7, 11) is 0. The van der Waals surface area contributed by atoms with Gasteiger partial charge in [0.05, 0.1) is 11.7 Å². The van der Waals surface area contributed by atoms with Crippen LogP contribution in [0.1, 0.15) is 18.3 Å². The summed E-state index contributed by atoms with van der Waals surface area (Å²) >= 11 is 5.63. The van der Waals surface area contributed by atoms with Crippen LogP contribution in [-0.2, 0) is 6.42 Å². The monoisotopic (exact) mass is 374 g/mol. The van der Waals surface area contributed by atoms with Gasteiger partial charge in [-0.3, -0.25) is 0 Å². The van der Waals surface area contributed by atoms with E-state index in [0.29, 0.717) is 0 Å². The quantitative estimate of drug-likeness (QED) is 0.466. The first-order chi connectivity index (χ1) is 11.8. The topological polar surface area (TPSA) is 43.6 Å². The van der Waals surface area contributed by atoms with Gasteiger partial charge in [-0.05, 0) is 30.2 Å². The molecule has 0 radical (unpaired) electrons. The van der Waals surface area contributed by atoms with E-state index in [4.69, 9.17) is 11.6 Å². The molecule has 0 spiro atoms. The Balaban J connectivity index is 1.97. The Labute approximate surface area is 142 Å². The Bertz CT molecular complexity index is 998. The maximum Gasteiger partial charge on any atom is 0.409 e. The first kappa shape index (κ1) is 16.2. The Morgan fingerprint density at radius 2 is 1.88 bits per heavy atom. The third-order valence-corrected chi connectivity index (χ3v) is 4.32. The van der Waals surface area contributed by atoms with Crippen LogP contribution in [0.15, 0.2) is 18.3 Å².